The molecule has 128 valence electrons. The van der Waals surface area contributed by atoms with E-state index in [-0.39, 0.29) is 11.9 Å². The number of likely N-dealkylation sites (N-methyl/N-ethyl adjacent to an activating group) is 2. The standard InChI is InChI=1S/C17H22BrN5O/c1-21-10-14(18)20-15(11-21)19-13-6-4-12(5-7-13)16-17(24)23(3)9-8-22(16)2/h4-7,11,16,19H,8-10H2,1-3H3. The molecule has 0 radical (unpaired) electrons. The summed E-state index contributed by atoms with van der Waals surface area (Å²) in [5.74, 6) is 0.934. The lowest BCUT2D eigenvalue weighted by Gasteiger charge is -2.37. The highest BCUT2D eigenvalue weighted by molar-refractivity contribution is 9.18. The number of aliphatic imine (C=N–C) groups is 1. The van der Waals surface area contributed by atoms with E-state index in [1.165, 1.54) is 0 Å². The number of carbonyl (C=O) groups excluding carboxylic acids is 1. The van der Waals surface area contributed by atoms with Crippen molar-refractivity contribution in [2.75, 3.05) is 46.1 Å². The number of carbonyl (C=O) groups is 1. The Morgan fingerprint density at radius 2 is 1.88 bits per heavy atom. The summed E-state index contributed by atoms with van der Waals surface area (Å²) in [7, 11) is 5.86. The summed E-state index contributed by atoms with van der Waals surface area (Å²) in [6.07, 6.45) is 1.96. The van der Waals surface area contributed by atoms with Gasteiger partial charge in [-0.25, -0.2) is 4.99 Å². The van der Waals surface area contributed by atoms with Crippen LogP contribution in [0.5, 0.6) is 0 Å². The molecule has 1 atom stereocenters. The van der Waals surface area contributed by atoms with Crippen molar-refractivity contribution in [3.63, 3.8) is 0 Å². The number of nitrogens with one attached hydrogen (secondary N) is 1. The lowest BCUT2D eigenvalue weighted by atomic mass is 10.0. The number of nitrogens with zero attached hydrogens (tertiary/aromatic N) is 4. The Morgan fingerprint density at radius 3 is 2.54 bits per heavy atom. The number of hydrogen-bond acceptors (Lipinski definition) is 5. The zero-order chi connectivity index (χ0) is 17.3. The monoisotopic (exact) mass is 391 g/mol. The summed E-state index contributed by atoms with van der Waals surface area (Å²) < 4.78 is 0.893. The van der Waals surface area contributed by atoms with Crippen LogP contribution >= 0.6 is 15.9 Å². The molecule has 0 bridgehead atoms. The molecule has 1 amide bonds. The highest BCUT2D eigenvalue weighted by atomic mass is 79.9. The van der Waals surface area contributed by atoms with Gasteiger partial charge < -0.3 is 15.1 Å². The first-order valence-electron chi connectivity index (χ1n) is 7.91. The van der Waals surface area contributed by atoms with Gasteiger partial charge in [0.1, 0.15) is 16.5 Å². The molecule has 24 heavy (non-hydrogen) atoms. The molecule has 1 unspecified atom stereocenters. The van der Waals surface area contributed by atoms with Gasteiger partial charge in [-0.1, -0.05) is 12.1 Å². The Morgan fingerprint density at radius 1 is 1.17 bits per heavy atom. The van der Waals surface area contributed by atoms with Crippen LogP contribution in [0.4, 0.5) is 5.69 Å². The second-order valence-electron chi connectivity index (χ2n) is 6.31. The zero-order valence-corrected chi connectivity index (χ0v) is 15.7. The summed E-state index contributed by atoms with van der Waals surface area (Å²) in [6.45, 7) is 2.43. The average molecular weight is 392 g/mol. The molecule has 2 aliphatic rings. The average Bonchev–Trinajstić information content (AvgIpc) is 2.52. The molecule has 0 aromatic heterocycles. The van der Waals surface area contributed by atoms with Gasteiger partial charge >= 0.3 is 0 Å². The van der Waals surface area contributed by atoms with Gasteiger partial charge in [0.2, 0.25) is 5.91 Å². The Kier molecular flexibility index (Phi) is 4.91. The molecule has 3 rings (SSSR count). The summed E-state index contributed by atoms with van der Waals surface area (Å²) >= 11 is 3.44. The van der Waals surface area contributed by atoms with Gasteiger partial charge in [-0.15, -0.1) is 0 Å². The molecule has 1 aromatic rings. The highest BCUT2D eigenvalue weighted by Gasteiger charge is 2.31. The van der Waals surface area contributed by atoms with E-state index >= 15 is 0 Å². The van der Waals surface area contributed by atoms with Gasteiger partial charge in [0.15, 0.2) is 0 Å². The normalized spacial score (nSPS) is 22.3. The minimum Gasteiger partial charge on any atom is -0.371 e. The molecular weight excluding hydrogens is 370 g/mol. The van der Waals surface area contributed by atoms with Gasteiger partial charge in [-0.3, -0.25) is 9.69 Å². The zero-order valence-electron chi connectivity index (χ0n) is 14.2. The molecule has 1 aromatic carbocycles. The highest BCUT2D eigenvalue weighted by Crippen LogP contribution is 2.26. The van der Waals surface area contributed by atoms with Crippen molar-refractivity contribution < 1.29 is 4.79 Å². The van der Waals surface area contributed by atoms with Crippen LogP contribution in [0.25, 0.3) is 0 Å². The quantitative estimate of drug-likeness (QED) is 0.856. The van der Waals surface area contributed by atoms with Crippen LogP contribution in [0.1, 0.15) is 11.6 Å². The lowest BCUT2D eigenvalue weighted by Crippen LogP contribution is -2.48. The van der Waals surface area contributed by atoms with Gasteiger partial charge in [0, 0.05) is 39.1 Å². The fourth-order valence-corrected chi connectivity index (χ4v) is 3.54. The maximum Gasteiger partial charge on any atom is 0.244 e. The minimum atomic E-state index is -0.204. The molecule has 1 N–H and O–H groups in total. The summed E-state index contributed by atoms with van der Waals surface area (Å²) in [5, 5.41) is 3.30. The SMILES string of the molecule is CN1C=C(Nc2ccc(C3C(=O)N(C)CCN3C)cc2)N=C(Br)C1. The molecule has 1 saturated heterocycles. The van der Waals surface area contributed by atoms with Gasteiger partial charge in [0.05, 0.1) is 6.54 Å². The van der Waals surface area contributed by atoms with Crippen molar-refractivity contribution >= 4 is 32.1 Å². The van der Waals surface area contributed by atoms with E-state index in [1.54, 1.807) is 4.90 Å². The molecule has 1 fully saturated rings. The minimum absolute atomic E-state index is 0.148. The molecule has 6 nitrogen and oxygen atoms in total. The third kappa shape index (κ3) is 3.62. The topological polar surface area (TPSA) is 51.2 Å². The smallest absolute Gasteiger partial charge is 0.244 e. The Bertz CT molecular complexity index is 685. The predicted molar refractivity (Wildman–Crippen MR) is 100 cm³/mol. The molecule has 0 aliphatic carbocycles. The number of halogens is 1. The van der Waals surface area contributed by atoms with Crippen molar-refractivity contribution in [3.8, 4) is 0 Å². The number of piperazine rings is 1. The van der Waals surface area contributed by atoms with E-state index in [2.05, 4.69) is 36.0 Å². The van der Waals surface area contributed by atoms with Crippen LogP contribution in [0.3, 0.4) is 0 Å². The van der Waals surface area contributed by atoms with Crippen LogP contribution < -0.4 is 5.32 Å². The maximum absolute atomic E-state index is 12.4. The van der Waals surface area contributed by atoms with Crippen LogP contribution in [-0.4, -0.2) is 66.0 Å². The second kappa shape index (κ2) is 6.94. The van der Waals surface area contributed by atoms with E-state index in [4.69, 9.17) is 0 Å². The predicted octanol–water partition coefficient (Wildman–Crippen LogP) is 2.08. The fraction of sp³-hybridized carbons (Fsp3) is 0.412. The third-order valence-corrected chi connectivity index (χ3v) is 4.73. The van der Waals surface area contributed by atoms with Gasteiger partial charge in [-0.2, -0.15) is 0 Å². The Hall–Kier alpha value is -1.86. The number of hydrogen-bond donors (Lipinski definition) is 1. The van der Waals surface area contributed by atoms with E-state index in [9.17, 15) is 4.79 Å². The Labute approximate surface area is 150 Å². The first kappa shape index (κ1) is 17.0. The first-order valence-corrected chi connectivity index (χ1v) is 8.70. The number of amides is 1. The largest absolute Gasteiger partial charge is 0.371 e. The molecule has 0 spiro atoms. The first-order chi connectivity index (χ1) is 11.4. The summed E-state index contributed by atoms with van der Waals surface area (Å²) in [5.41, 5.74) is 1.96. The van der Waals surface area contributed by atoms with Crippen molar-refractivity contribution in [1.29, 1.82) is 0 Å². The fourth-order valence-electron chi connectivity index (χ4n) is 2.95. The molecule has 0 saturated carbocycles. The van der Waals surface area contributed by atoms with Crippen molar-refractivity contribution in [1.82, 2.24) is 14.7 Å². The lowest BCUT2D eigenvalue weighted by molar-refractivity contribution is -0.139. The molecular formula is C17H22BrN5O. The third-order valence-electron chi connectivity index (χ3n) is 4.30. The van der Waals surface area contributed by atoms with Crippen molar-refractivity contribution in [2.45, 2.75) is 6.04 Å². The number of benzene rings is 1. The van der Waals surface area contributed by atoms with E-state index in [0.717, 1.165) is 41.3 Å². The van der Waals surface area contributed by atoms with Crippen molar-refractivity contribution in [2.24, 2.45) is 4.99 Å². The van der Waals surface area contributed by atoms with Crippen LogP contribution in [0.15, 0.2) is 41.3 Å². The maximum atomic E-state index is 12.4. The summed E-state index contributed by atoms with van der Waals surface area (Å²) in [6, 6.07) is 7.79. The van der Waals surface area contributed by atoms with E-state index < -0.39 is 0 Å². The number of rotatable bonds is 3. The van der Waals surface area contributed by atoms with E-state index in [0.29, 0.717) is 0 Å². The van der Waals surface area contributed by atoms with E-state index in [1.807, 2.05) is 51.6 Å². The molecule has 7 heteroatoms. The van der Waals surface area contributed by atoms with Gasteiger partial charge in [0.25, 0.3) is 0 Å². The van der Waals surface area contributed by atoms with Crippen LogP contribution in [0.2, 0.25) is 0 Å². The van der Waals surface area contributed by atoms with Crippen molar-refractivity contribution in [3.05, 3.63) is 41.8 Å². The van der Waals surface area contributed by atoms with Gasteiger partial charge in [-0.05, 0) is 40.7 Å². The molecule has 2 heterocycles. The molecule has 2 aliphatic heterocycles. The number of anilines is 1. The second-order valence-corrected chi connectivity index (χ2v) is 7.22. The van der Waals surface area contributed by atoms with Crippen LogP contribution in [-0.2, 0) is 4.79 Å². The van der Waals surface area contributed by atoms with Crippen LogP contribution in [0, 0.1) is 0 Å². The Balaban J connectivity index is 1.75. The summed E-state index contributed by atoms with van der Waals surface area (Å²) in [4.78, 5) is 22.8.